The second-order valence-corrected chi connectivity index (χ2v) is 7.48. The normalized spacial score (nSPS) is 17.6. The van der Waals surface area contributed by atoms with Crippen LogP contribution in [0.3, 0.4) is 0 Å². The Morgan fingerprint density at radius 3 is 2.60 bits per heavy atom. The number of anilines is 1. The van der Waals surface area contributed by atoms with Gasteiger partial charge in [0.1, 0.15) is 0 Å². The van der Waals surface area contributed by atoms with E-state index >= 15 is 0 Å². The van der Waals surface area contributed by atoms with Gasteiger partial charge in [0, 0.05) is 15.1 Å². The number of benzene rings is 2. The van der Waals surface area contributed by atoms with Crippen LogP contribution in [0.15, 0.2) is 45.8 Å². The standard InChI is InChI=1S/C15H12BrCl2NS/c16-9-7-11(17)15(12(18)8-9)19-13-5-6-20-14-4-2-1-3-10(13)14/h1-4,7-8,13,19H,5-6H2. The fourth-order valence-electron chi connectivity index (χ4n) is 2.35. The van der Waals surface area contributed by atoms with E-state index in [9.17, 15) is 0 Å². The lowest BCUT2D eigenvalue weighted by molar-refractivity contribution is 0.729. The Morgan fingerprint density at radius 2 is 1.85 bits per heavy atom. The smallest absolute Gasteiger partial charge is 0.0724 e. The minimum absolute atomic E-state index is 0.253. The monoisotopic (exact) mass is 387 g/mol. The summed E-state index contributed by atoms with van der Waals surface area (Å²) in [6, 6.07) is 12.5. The number of hydrogen-bond acceptors (Lipinski definition) is 2. The molecule has 0 spiro atoms. The highest BCUT2D eigenvalue weighted by atomic mass is 79.9. The van der Waals surface area contributed by atoms with E-state index < -0.39 is 0 Å². The van der Waals surface area contributed by atoms with Crippen molar-refractivity contribution in [1.82, 2.24) is 0 Å². The Morgan fingerprint density at radius 1 is 1.15 bits per heavy atom. The molecule has 3 rings (SSSR count). The van der Waals surface area contributed by atoms with Crippen LogP contribution < -0.4 is 5.32 Å². The van der Waals surface area contributed by atoms with Crippen molar-refractivity contribution in [3.63, 3.8) is 0 Å². The van der Waals surface area contributed by atoms with Gasteiger partial charge in [-0.05, 0) is 30.2 Å². The molecule has 0 saturated heterocycles. The molecule has 104 valence electrons. The Balaban J connectivity index is 1.94. The van der Waals surface area contributed by atoms with Gasteiger partial charge in [-0.2, -0.15) is 0 Å². The molecule has 0 aliphatic carbocycles. The van der Waals surface area contributed by atoms with Crippen molar-refractivity contribution in [2.24, 2.45) is 0 Å². The Hall–Kier alpha value is -0.350. The van der Waals surface area contributed by atoms with Crippen LogP contribution in [-0.4, -0.2) is 5.75 Å². The summed E-state index contributed by atoms with van der Waals surface area (Å²) in [6.07, 6.45) is 1.06. The van der Waals surface area contributed by atoms with Crippen molar-refractivity contribution in [2.75, 3.05) is 11.1 Å². The number of halogens is 3. The van der Waals surface area contributed by atoms with Gasteiger partial charge in [0.25, 0.3) is 0 Å². The minimum atomic E-state index is 0.253. The summed E-state index contributed by atoms with van der Waals surface area (Å²) in [5.41, 5.74) is 2.13. The molecule has 1 aliphatic heterocycles. The molecule has 0 fully saturated rings. The molecule has 2 aromatic carbocycles. The highest BCUT2D eigenvalue weighted by Crippen LogP contribution is 2.41. The van der Waals surface area contributed by atoms with Gasteiger partial charge in [0.2, 0.25) is 0 Å². The molecule has 1 unspecified atom stereocenters. The largest absolute Gasteiger partial charge is 0.376 e. The molecular weight excluding hydrogens is 377 g/mol. The van der Waals surface area contributed by atoms with Crippen LogP contribution in [0.5, 0.6) is 0 Å². The molecule has 0 bridgehead atoms. The first-order valence-corrected chi connectivity index (χ1v) is 8.81. The highest BCUT2D eigenvalue weighted by Gasteiger charge is 2.21. The van der Waals surface area contributed by atoms with E-state index in [1.54, 1.807) is 0 Å². The van der Waals surface area contributed by atoms with E-state index in [0.29, 0.717) is 10.0 Å². The van der Waals surface area contributed by atoms with E-state index in [2.05, 4.69) is 45.5 Å². The molecule has 1 atom stereocenters. The maximum Gasteiger partial charge on any atom is 0.0724 e. The van der Waals surface area contributed by atoms with Crippen LogP contribution in [0.2, 0.25) is 10.0 Å². The third kappa shape index (κ3) is 2.96. The molecule has 0 aromatic heterocycles. The van der Waals surface area contributed by atoms with Crippen LogP contribution in [0.1, 0.15) is 18.0 Å². The SMILES string of the molecule is Clc1cc(Br)cc(Cl)c1NC1CCSc2ccccc21. The number of rotatable bonds is 2. The van der Waals surface area contributed by atoms with Crippen LogP contribution in [0.25, 0.3) is 0 Å². The van der Waals surface area contributed by atoms with Crippen molar-refractivity contribution in [3.05, 3.63) is 56.5 Å². The first-order chi connectivity index (χ1) is 9.65. The maximum atomic E-state index is 6.30. The molecular formula is C15H12BrCl2NS. The van der Waals surface area contributed by atoms with Crippen molar-refractivity contribution in [3.8, 4) is 0 Å². The van der Waals surface area contributed by atoms with E-state index in [0.717, 1.165) is 22.3 Å². The summed E-state index contributed by atoms with van der Waals surface area (Å²) in [6.45, 7) is 0. The molecule has 5 heteroatoms. The van der Waals surface area contributed by atoms with Crippen molar-refractivity contribution < 1.29 is 0 Å². The van der Waals surface area contributed by atoms with Gasteiger partial charge in [0.15, 0.2) is 0 Å². The highest BCUT2D eigenvalue weighted by molar-refractivity contribution is 9.10. The maximum absolute atomic E-state index is 6.30. The fraction of sp³-hybridized carbons (Fsp3) is 0.200. The summed E-state index contributed by atoms with van der Waals surface area (Å²) in [5, 5.41) is 4.78. The topological polar surface area (TPSA) is 12.0 Å². The van der Waals surface area contributed by atoms with Crippen LogP contribution in [0.4, 0.5) is 5.69 Å². The zero-order valence-electron chi connectivity index (χ0n) is 10.5. The van der Waals surface area contributed by atoms with E-state index in [4.69, 9.17) is 23.2 Å². The third-order valence-corrected chi connectivity index (χ3v) is 5.46. The van der Waals surface area contributed by atoms with Gasteiger partial charge < -0.3 is 5.32 Å². The Kier molecular flexibility index (Phi) is 4.51. The predicted molar refractivity (Wildman–Crippen MR) is 92.3 cm³/mol. The second-order valence-electron chi connectivity index (χ2n) is 4.62. The lowest BCUT2D eigenvalue weighted by atomic mass is 10.0. The van der Waals surface area contributed by atoms with Gasteiger partial charge in [0.05, 0.1) is 21.8 Å². The van der Waals surface area contributed by atoms with Crippen LogP contribution >= 0.6 is 50.9 Å². The molecule has 1 heterocycles. The van der Waals surface area contributed by atoms with Gasteiger partial charge in [-0.3, -0.25) is 0 Å². The fourth-order valence-corrected chi connectivity index (χ4v) is 4.79. The zero-order valence-corrected chi connectivity index (χ0v) is 14.4. The van der Waals surface area contributed by atoms with Gasteiger partial charge in [-0.25, -0.2) is 0 Å². The van der Waals surface area contributed by atoms with E-state index in [1.165, 1.54) is 10.5 Å². The van der Waals surface area contributed by atoms with E-state index in [1.807, 2.05) is 23.9 Å². The molecule has 0 radical (unpaired) electrons. The van der Waals surface area contributed by atoms with Gasteiger partial charge >= 0.3 is 0 Å². The Bertz CT molecular complexity index is 625. The minimum Gasteiger partial charge on any atom is -0.376 e. The van der Waals surface area contributed by atoms with E-state index in [-0.39, 0.29) is 6.04 Å². The average Bonchev–Trinajstić information content (AvgIpc) is 2.43. The summed E-state index contributed by atoms with van der Waals surface area (Å²) in [7, 11) is 0. The second kappa shape index (κ2) is 6.18. The molecule has 1 aliphatic rings. The first kappa shape index (κ1) is 14.6. The number of fused-ring (bicyclic) bond motifs is 1. The molecule has 2 aromatic rings. The predicted octanol–water partition coefficient (Wildman–Crippen LogP) is 6.40. The molecule has 0 amide bonds. The zero-order chi connectivity index (χ0) is 14.1. The summed E-state index contributed by atoms with van der Waals surface area (Å²) < 4.78 is 0.887. The number of hydrogen-bond donors (Lipinski definition) is 1. The van der Waals surface area contributed by atoms with Crippen molar-refractivity contribution in [1.29, 1.82) is 0 Å². The first-order valence-electron chi connectivity index (χ1n) is 6.28. The molecule has 20 heavy (non-hydrogen) atoms. The summed E-state index contributed by atoms with van der Waals surface area (Å²) in [5.74, 6) is 1.10. The summed E-state index contributed by atoms with van der Waals surface area (Å²) >= 11 is 17.9. The Labute approximate surface area is 141 Å². The van der Waals surface area contributed by atoms with Crippen LogP contribution in [0, 0.1) is 0 Å². The quantitative estimate of drug-likeness (QED) is 0.638. The van der Waals surface area contributed by atoms with Crippen LogP contribution in [-0.2, 0) is 0 Å². The van der Waals surface area contributed by atoms with Gasteiger partial charge in [-0.15, -0.1) is 11.8 Å². The summed E-state index contributed by atoms with van der Waals surface area (Å²) in [4.78, 5) is 1.33. The molecule has 1 nitrogen and oxygen atoms in total. The number of nitrogens with one attached hydrogen (secondary N) is 1. The third-order valence-electron chi connectivity index (χ3n) is 3.28. The van der Waals surface area contributed by atoms with Crippen molar-refractivity contribution in [2.45, 2.75) is 17.4 Å². The van der Waals surface area contributed by atoms with Gasteiger partial charge in [-0.1, -0.05) is 57.3 Å². The lowest BCUT2D eigenvalue weighted by Gasteiger charge is -2.27. The molecule has 1 N–H and O–H groups in total. The molecule has 0 saturated carbocycles. The lowest BCUT2D eigenvalue weighted by Crippen LogP contribution is -2.16. The number of thioether (sulfide) groups is 1. The average molecular weight is 389 g/mol. The van der Waals surface area contributed by atoms with Crippen molar-refractivity contribution >= 4 is 56.6 Å².